The van der Waals surface area contributed by atoms with E-state index in [1.807, 2.05) is 42.5 Å². The summed E-state index contributed by atoms with van der Waals surface area (Å²) in [5.74, 6) is 0. The molecule has 0 amide bonds. The van der Waals surface area contributed by atoms with Gasteiger partial charge >= 0.3 is 0 Å². The lowest BCUT2D eigenvalue weighted by molar-refractivity contribution is -0.469. The molecule has 0 saturated carbocycles. The molecule has 0 radical (unpaired) electrons. The maximum Gasteiger partial charge on any atom is 0.183 e. The van der Waals surface area contributed by atoms with Crippen LogP contribution in [-0.4, -0.2) is 11.0 Å². The summed E-state index contributed by atoms with van der Waals surface area (Å²) in [6.07, 6.45) is 1.61. The van der Waals surface area contributed by atoms with Crippen molar-refractivity contribution < 1.29 is 4.74 Å². The third-order valence-corrected chi connectivity index (χ3v) is 4.06. The molecule has 3 aromatic carbocycles. The minimum Gasteiger partial charge on any atom is -0.624 e. The Morgan fingerprint density at radius 2 is 1.62 bits per heavy atom. The summed E-state index contributed by atoms with van der Waals surface area (Å²) in [7, 11) is 0. The monoisotopic (exact) mass is 339 g/mol. The first-order chi connectivity index (χ1) is 10.2. The highest BCUT2D eigenvalue weighted by Gasteiger charge is 2.03. The topological polar surface area (TPSA) is 26.1 Å². The number of benzene rings is 3. The Morgan fingerprint density at radius 3 is 2.43 bits per heavy atom. The van der Waals surface area contributed by atoms with E-state index in [0.29, 0.717) is 6.54 Å². The largest absolute Gasteiger partial charge is 0.624 e. The van der Waals surface area contributed by atoms with Gasteiger partial charge in [0.15, 0.2) is 12.8 Å². The van der Waals surface area contributed by atoms with Crippen molar-refractivity contribution in [1.82, 2.24) is 0 Å². The van der Waals surface area contributed by atoms with Gasteiger partial charge in [-0.05, 0) is 44.9 Å². The molecule has 2 nitrogen and oxygen atoms in total. The van der Waals surface area contributed by atoms with Crippen molar-refractivity contribution in [3.63, 3.8) is 0 Å². The van der Waals surface area contributed by atoms with Crippen LogP contribution in [0.1, 0.15) is 11.1 Å². The second kappa shape index (κ2) is 6.10. The van der Waals surface area contributed by atoms with E-state index in [0.717, 1.165) is 25.7 Å². The highest BCUT2D eigenvalue weighted by molar-refractivity contribution is 9.10. The molecule has 0 heterocycles. The van der Waals surface area contributed by atoms with E-state index in [4.69, 9.17) is 0 Å². The van der Waals surface area contributed by atoms with Crippen LogP contribution in [0.15, 0.2) is 71.2 Å². The standard InChI is InChI=1S/C18H14BrNO/c19-18-8-4-3-7-17(18)13-20(21)12-14-9-10-15-5-1-2-6-16(15)11-14/h1-11,13H,12H2/b20-13-. The molecule has 0 aliphatic carbocycles. The second-order valence-corrected chi connectivity index (χ2v) is 5.76. The summed E-state index contributed by atoms with van der Waals surface area (Å²) in [6.45, 7) is 0.339. The summed E-state index contributed by atoms with van der Waals surface area (Å²) in [4.78, 5) is 0. The van der Waals surface area contributed by atoms with Gasteiger partial charge in [-0.1, -0.05) is 48.5 Å². The minimum absolute atomic E-state index is 0.339. The lowest BCUT2D eigenvalue weighted by Crippen LogP contribution is -2.06. The number of halogens is 1. The van der Waals surface area contributed by atoms with Crippen LogP contribution in [0.4, 0.5) is 0 Å². The average molecular weight is 340 g/mol. The molecule has 3 aromatic rings. The van der Waals surface area contributed by atoms with Gasteiger partial charge in [-0.2, -0.15) is 0 Å². The fourth-order valence-electron chi connectivity index (χ4n) is 2.30. The smallest absolute Gasteiger partial charge is 0.183 e. The number of hydrogen-bond donors (Lipinski definition) is 0. The molecule has 0 fully saturated rings. The van der Waals surface area contributed by atoms with Gasteiger partial charge < -0.3 is 5.21 Å². The molecule has 104 valence electrons. The molecular formula is C18H14BrNO. The summed E-state index contributed by atoms with van der Waals surface area (Å²) in [5, 5.41) is 14.5. The van der Waals surface area contributed by atoms with E-state index in [1.54, 1.807) is 6.21 Å². The van der Waals surface area contributed by atoms with Gasteiger partial charge in [0.25, 0.3) is 0 Å². The molecule has 0 bridgehead atoms. The molecule has 0 aliphatic heterocycles. The minimum atomic E-state index is 0.339. The highest BCUT2D eigenvalue weighted by Crippen LogP contribution is 2.17. The molecule has 0 unspecified atom stereocenters. The van der Waals surface area contributed by atoms with Crippen LogP contribution in [0.3, 0.4) is 0 Å². The lowest BCUT2D eigenvalue weighted by atomic mass is 10.1. The Morgan fingerprint density at radius 1 is 0.905 bits per heavy atom. The summed E-state index contributed by atoms with van der Waals surface area (Å²) in [5.41, 5.74) is 1.89. The van der Waals surface area contributed by atoms with Gasteiger partial charge in [0.05, 0.1) is 5.56 Å². The van der Waals surface area contributed by atoms with Gasteiger partial charge in [0.2, 0.25) is 0 Å². The normalized spacial score (nSPS) is 11.8. The number of fused-ring (bicyclic) bond motifs is 1. The van der Waals surface area contributed by atoms with Gasteiger partial charge in [-0.3, -0.25) is 0 Å². The first-order valence-corrected chi connectivity index (χ1v) is 7.52. The molecule has 3 heteroatoms. The van der Waals surface area contributed by atoms with Crippen molar-refractivity contribution in [2.24, 2.45) is 0 Å². The van der Waals surface area contributed by atoms with Crippen molar-refractivity contribution in [2.45, 2.75) is 6.54 Å². The summed E-state index contributed by atoms with van der Waals surface area (Å²) in [6, 6.07) is 22.0. The SMILES string of the molecule is [O-]/[N+](=C\c1ccccc1Br)Cc1ccc2ccccc2c1. The van der Waals surface area contributed by atoms with E-state index in [1.165, 1.54) is 5.39 Å². The van der Waals surface area contributed by atoms with Gasteiger partial charge in [0.1, 0.15) is 0 Å². The first kappa shape index (κ1) is 13.8. The van der Waals surface area contributed by atoms with Crippen molar-refractivity contribution in [3.05, 3.63) is 87.5 Å². The van der Waals surface area contributed by atoms with Crippen molar-refractivity contribution in [3.8, 4) is 0 Å². The molecule has 0 aliphatic rings. The number of rotatable bonds is 3. The van der Waals surface area contributed by atoms with E-state index in [9.17, 15) is 5.21 Å². The third-order valence-electron chi connectivity index (χ3n) is 3.34. The summed E-state index contributed by atoms with van der Waals surface area (Å²) >= 11 is 3.45. The zero-order chi connectivity index (χ0) is 14.7. The number of hydroxylamine groups is 1. The van der Waals surface area contributed by atoms with Crippen molar-refractivity contribution >= 4 is 32.9 Å². The maximum atomic E-state index is 12.1. The molecule has 0 atom stereocenters. The predicted octanol–water partition coefficient (Wildman–Crippen LogP) is 4.73. The average Bonchev–Trinajstić information content (AvgIpc) is 2.49. The summed E-state index contributed by atoms with van der Waals surface area (Å²) < 4.78 is 1.88. The zero-order valence-electron chi connectivity index (χ0n) is 11.4. The van der Waals surface area contributed by atoms with E-state index >= 15 is 0 Å². The fraction of sp³-hybridized carbons (Fsp3) is 0.0556. The van der Waals surface area contributed by atoms with Crippen LogP contribution >= 0.6 is 15.9 Å². The molecule has 0 N–H and O–H groups in total. The van der Waals surface area contributed by atoms with Crippen molar-refractivity contribution in [2.75, 3.05) is 0 Å². The Kier molecular flexibility index (Phi) is 4.02. The quantitative estimate of drug-likeness (QED) is 0.293. The van der Waals surface area contributed by atoms with Gasteiger partial charge in [-0.25, -0.2) is 4.74 Å². The predicted molar refractivity (Wildman–Crippen MR) is 90.6 cm³/mol. The highest BCUT2D eigenvalue weighted by atomic mass is 79.9. The van der Waals surface area contributed by atoms with E-state index < -0.39 is 0 Å². The fourth-order valence-corrected chi connectivity index (χ4v) is 2.68. The molecule has 0 saturated heterocycles. The van der Waals surface area contributed by atoms with Gasteiger partial charge in [0, 0.05) is 10.0 Å². The molecule has 3 rings (SSSR count). The Bertz CT molecular complexity index is 811. The van der Waals surface area contributed by atoms with Crippen molar-refractivity contribution in [1.29, 1.82) is 0 Å². The molecular weight excluding hydrogens is 326 g/mol. The number of nitrogens with zero attached hydrogens (tertiary/aromatic N) is 1. The van der Waals surface area contributed by atoms with Crippen LogP contribution in [-0.2, 0) is 6.54 Å². The Labute approximate surface area is 132 Å². The lowest BCUT2D eigenvalue weighted by Gasteiger charge is -2.06. The van der Waals surface area contributed by atoms with Crippen LogP contribution < -0.4 is 0 Å². The van der Waals surface area contributed by atoms with Crippen LogP contribution in [0, 0.1) is 5.21 Å². The molecule has 21 heavy (non-hydrogen) atoms. The third kappa shape index (κ3) is 3.31. The second-order valence-electron chi connectivity index (χ2n) is 4.91. The zero-order valence-corrected chi connectivity index (χ0v) is 13.0. The maximum absolute atomic E-state index is 12.1. The number of hydrogen-bond acceptors (Lipinski definition) is 1. The molecule has 0 spiro atoms. The van der Waals surface area contributed by atoms with E-state index in [-0.39, 0.29) is 0 Å². The van der Waals surface area contributed by atoms with Crippen LogP contribution in [0.2, 0.25) is 0 Å². The first-order valence-electron chi connectivity index (χ1n) is 6.73. The van der Waals surface area contributed by atoms with Crippen LogP contribution in [0.5, 0.6) is 0 Å². The van der Waals surface area contributed by atoms with E-state index in [2.05, 4.69) is 40.2 Å². The van der Waals surface area contributed by atoms with Gasteiger partial charge in [-0.15, -0.1) is 0 Å². The Balaban J connectivity index is 1.86. The van der Waals surface area contributed by atoms with Crippen LogP contribution in [0.25, 0.3) is 10.8 Å². The molecule has 0 aromatic heterocycles. The Hall–Kier alpha value is -2.13.